The van der Waals surface area contributed by atoms with Crippen LogP contribution in [0.15, 0.2) is 24.4 Å². The third-order valence-corrected chi connectivity index (χ3v) is 4.89. The number of benzene rings is 1. The summed E-state index contributed by atoms with van der Waals surface area (Å²) < 4.78 is 8.21. The van der Waals surface area contributed by atoms with Gasteiger partial charge in [-0.15, -0.1) is 0 Å². The normalized spacial score (nSPS) is 17.3. The van der Waals surface area contributed by atoms with Crippen LogP contribution in [0, 0.1) is 0 Å². The molecule has 0 amide bonds. The molecule has 0 aliphatic carbocycles. The Kier molecular flexibility index (Phi) is 4.93. The van der Waals surface area contributed by atoms with Gasteiger partial charge in [-0.3, -0.25) is 4.90 Å². The van der Waals surface area contributed by atoms with Crippen LogP contribution in [0.3, 0.4) is 0 Å². The molecule has 3 rings (SSSR count). The third kappa shape index (κ3) is 3.70. The Labute approximate surface area is 139 Å². The fourth-order valence-electron chi connectivity index (χ4n) is 3.31. The summed E-state index contributed by atoms with van der Waals surface area (Å²) in [6.45, 7) is 10.9. The van der Waals surface area contributed by atoms with Crippen molar-refractivity contribution < 1.29 is 4.74 Å². The molecule has 0 bridgehead atoms. The molecule has 4 heteroatoms. The highest BCUT2D eigenvalue weighted by Gasteiger charge is 2.14. The molecule has 2 aromatic rings. The highest BCUT2D eigenvalue weighted by atomic mass is 16.5. The van der Waals surface area contributed by atoms with E-state index in [1.54, 1.807) is 0 Å². The van der Waals surface area contributed by atoms with E-state index in [2.05, 4.69) is 66.7 Å². The molecule has 0 spiro atoms. The van der Waals surface area contributed by atoms with E-state index in [1.165, 1.54) is 16.5 Å². The zero-order valence-corrected chi connectivity index (χ0v) is 14.9. The largest absolute Gasteiger partial charge is 0.492 e. The molecular weight excluding hydrogens is 286 g/mol. The van der Waals surface area contributed by atoms with E-state index in [-0.39, 0.29) is 0 Å². The molecule has 2 heterocycles. The van der Waals surface area contributed by atoms with Crippen LogP contribution in [-0.2, 0) is 7.05 Å². The Hall–Kier alpha value is -1.52. The minimum atomic E-state index is 0.544. The van der Waals surface area contributed by atoms with Gasteiger partial charge in [0.05, 0.1) is 5.52 Å². The monoisotopic (exact) mass is 315 g/mol. The number of hydrogen-bond donors (Lipinski definition) is 0. The SMILES string of the molecule is CC(C)c1cn(C)c2cc(OCCN3CCN(C)CC3)ccc12. The van der Waals surface area contributed by atoms with Crippen LogP contribution in [0.2, 0.25) is 0 Å². The first-order valence-electron chi connectivity index (χ1n) is 8.67. The Balaban J connectivity index is 1.61. The van der Waals surface area contributed by atoms with Crippen molar-refractivity contribution in [3.8, 4) is 5.75 Å². The van der Waals surface area contributed by atoms with Crippen molar-refractivity contribution >= 4 is 10.9 Å². The first kappa shape index (κ1) is 16.3. The van der Waals surface area contributed by atoms with Crippen molar-refractivity contribution in [2.24, 2.45) is 7.05 Å². The standard InChI is InChI=1S/C19H29N3O/c1-15(2)18-14-21(4)19-13-16(5-6-17(18)19)23-12-11-22-9-7-20(3)8-10-22/h5-6,13-15H,7-12H2,1-4H3. The van der Waals surface area contributed by atoms with Gasteiger partial charge in [-0.2, -0.15) is 0 Å². The first-order chi connectivity index (χ1) is 11.0. The van der Waals surface area contributed by atoms with Crippen LogP contribution >= 0.6 is 0 Å². The number of fused-ring (bicyclic) bond motifs is 1. The number of nitrogens with zero attached hydrogens (tertiary/aromatic N) is 3. The zero-order chi connectivity index (χ0) is 16.4. The molecule has 1 aliphatic heterocycles. The predicted molar refractivity (Wildman–Crippen MR) is 96.4 cm³/mol. The van der Waals surface area contributed by atoms with Gasteiger partial charge in [0.1, 0.15) is 12.4 Å². The van der Waals surface area contributed by atoms with Crippen molar-refractivity contribution in [3.63, 3.8) is 0 Å². The van der Waals surface area contributed by atoms with Crippen molar-refractivity contribution in [1.29, 1.82) is 0 Å². The molecule has 0 unspecified atom stereocenters. The second-order valence-corrected chi connectivity index (χ2v) is 7.02. The second kappa shape index (κ2) is 6.93. The molecular formula is C19H29N3O. The summed E-state index contributed by atoms with van der Waals surface area (Å²) in [5, 5.41) is 1.34. The number of ether oxygens (including phenoxy) is 1. The van der Waals surface area contributed by atoms with Crippen LogP contribution < -0.4 is 4.74 Å². The summed E-state index contributed by atoms with van der Waals surface area (Å²) in [7, 11) is 4.30. The highest BCUT2D eigenvalue weighted by molar-refractivity contribution is 5.85. The molecule has 1 saturated heterocycles. The van der Waals surface area contributed by atoms with Crippen molar-refractivity contribution in [1.82, 2.24) is 14.4 Å². The zero-order valence-electron chi connectivity index (χ0n) is 14.9. The molecule has 126 valence electrons. The fraction of sp³-hybridized carbons (Fsp3) is 0.579. The average molecular weight is 315 g/mol. The van der Waals surface area contributed by atoms with E-state index in [4.69, 9.17) is 4.74 Å². The van der Waals surface area contributed by atoms with Gasteiger partial charge in [-0.1, -0.05) is 13.8 Å². The molecule has 0 radical (unpaired) electrons. The van der Waals surface area contributed by atoms with Gasteiger partial charge >= 0.3 is 0 Å². The summed E-state index contributed by atoms with van der Waals surface area (Å²) in [5.41, 5.74) is 2.66. The van der Waals surface area contributed by atoms with Crippen molar-refractivity contribution in [2.75, 3.05) is 46.4 Å². The molecule has 1 fully saturated rings. The number of aromatic nitrogens is 1. The predicted octanol–water partition coefficient (Wildman–Crippen LogP) is 2.93. The minimum Gasteiger partial charge on any atom is -0.492 e. The first-order valence-corrected chi connectivity index (χ1v) is 8.67. The molecule has 0 atom stereocenters. The minimum absolute atomic E-state index is 0.544. The second-order valence-electron chi connectivity index (χ2n) is 7.02. The maximum Gasteiger partial charge on any atom is 0.121 e. The Morgan fingerprint density at radius 3 is 2.52 bits per heavy atom. The maximum atomic E-state index is 6.00. The Morgan fingerprint density at radius 2 is 1.83 bits per heavy atom. The van der Waals surface area contributed by atoms with Crippen LogP contribution in [0.5, 0.6) is 5.75 Å². The van der Waals surface area contributed by atoms with Crippen LogP contribution in [-0.4, -0.2) is 60.7 Å². The average Bonchev–Trinajstić information content (AvgIpc) is 2.86. The van der Waals surface area contributed by atoms with Crippen LogP contribution in [0.1, 0.15) is 25.3 Å². The van der Waals surface area contributed by atoms with Crippen molar-refractivity contribution in [3.05, 3.63) is 30.0 Å². The van der Waals surface area contributed by atoms with Crippen LogP contribution in [0.4, 0.5) is 0 Å². The smallest absolute Gasteiger partial charge is 0.121 e. The van der Waals surface area contributed by atoms with Gasteiger partial charge < -0.3 is 14.2 Å². The molecule has 4 nitrogen and oxygen atoms in total. The van der Waals surface area contributed by atoms with E-state index in [1.807, 2.05) is 0 Å². The molecule has 1 aliphatic rings. The van der Waals surface area contributed by atoms with E-state index < -0.39 is 0 Å². The maximum absolute atomic E-state index is 6.00. The molecule has 0 saturated carbocycles. The van der Waals surface area contributed by atoms with E-state index in [9.17, 15) is 0 Å². The summed E-state index contributed by atoms with van der Waals surface area (Å²) in [5.74, 6) is 1.52. The van der Waals surface area contributed by atoms with Gasteiger partial charge in [-0.05, 0) is 30.7 Å². The number of aryl methyl sites for hydroxylation is 1. The highest BCUT2D eigenvalue weighted by Crippen LogP contribution is 2.29. The number of hydrogen-bond acceptors (Lipinski definition) is 3. The molecule has 0 N–H and O–H groups in total. The lowest BCUT2D eigenvalue weighted by Crippen LogP contribution is -2.45. The number of rotatable bonds is 5. The summed E-state index contributed by atoms with van der Waals surface area (Å²) >= 11 is 0. The van der Waals surface area contributed by atoms with Gasteiger partial charge in [0.2, 0.25) is 0 Å². The van der Waals surface area contributed by atoms with E-state index in [0.29, 0.717) is 5.92 Å². The lowest BCUT2D eigenvalue weighted by molar-refractivity contribution is 0.134. The number of likely N-dealkylation sites (N-methyl/N-ethyl adjacent to an activating group) is 1. The topological polar surface area (TPSA) is 20.6 Å². The molecule has 1 aromatic carbocycles. The lowest BCUT2D eigenvalue weighted by Gasteiger charge is -2.32. The van der Waals surface area contributed by atoms with Crippen LogP contribution in [0.25, 0.3) is 10.9 Å². The third-order valence-electron chi connectivity index (χ3n) is 4.89. The van der Waals surface area contributed by atoms with E-state index >= 15 is 0 Å². The van der Waals surface area contributed by atoms with Gasteiger partial charge in [0, 0.05) is 57.4 Å². The molecule has 1 aromatic heterocycles. The lowest BCUT2D eigenvalue weighted by atomic mass is 10.0. The Morgan fingerprint density at radius 1 is 1.09 bits per heavy atom. The number of piperazine rings is 1. The summed E-state index contributed by atoms with van der Waals surface area (Å²) in [4.78, 5) is 4.87. The summed E-state index contributed by atoms with van der Waals surface area (Å²) in [6, 6.07) is 6.49. The summed E-state index contributed by atoms with van der Waals surface area (Å²) in [6.07, 6.45) is 2.24. The van der Waals surface area contributed by atoms with Gasteiger partial charge in [0.25, 0.3) is 0 Å². The fourth-order valence-corrected chi connectivity index (χ4v) is 3.31. The quantitative estimate of drug-likeness (QED) is 0.846. The van der Waals surface area contributed by atoms with Crippen molar-refractivity contribution in [2.45, 2.75) is 19.8 Å². The van der Waals surface area contributed by atoms with Gasteiger partial charge in [0.15, 0.2) is 0 Å². The van der Waals surface area contributed by atoms with Gasteiger partial charge in [-0.25, -0.2) is 0 Å². The Bertz CT molecular complexity index is 654. The van der Waals surface area contributed by atoms with E-state index in [0.717, 1.165) is 45.1 Å². The molecule has 23 heavy (non-hydrogen) atoms.